The molecule has 5 heteroatoms. The number of rotatable bonds is 1. The topological polar surface area (TPSA) is 33.4 Å². The molecule has 0 aliphatic carbocycles. The van der Waals surface area contributed by atoms with Gasteiger partial charge in [0.25, 0.3) is 0 Å². The fraction of sp³-hybridized carbons (Fsp3) is 0.200. The minimum Gasteiger partial charge on any atom is -0.464 e. The van der Waals surface area contributed by atoms with E-state index in [2.05, 4.69) is 0 Å². The minimum atomic E-state index is -4.38. The molecule has 2 nitrogen and oxygen atoms in total. The fourth-order valence-corrected chi connectivity index (χ4v) is 1.38. The van der Waals surface area contributed by atoms with E-state index in [4.69, 9.17) is 9.52 Å². The van der Waals surface area contributed by atoms with Crippen LogP contribution in [0, 0.1) is 0 Å². The van der Waals surface area contributed by atoms with Gasteiger partial charge in [-0.05, 0) is 18.2 Å². The summed E-state index contributed by atoms with van der Waals surface area (Å²) in [7, 11) is 0. The van der Waals surface area contributed by atoms with Gasteiger partial charge in [-0.1, -0.05) is 0 Å². The molecule has 1 aromatic carbocycles. The number of aliphatic hydroxyl groups is 1. The molecule has 1 heterocycles. The van der Waals surface area contributed by atoms with Crippen molar-refractivity contribution in [2.24, 2.45) is 0 Å². The number of hydrogen-bond donors (Lipinski definition) is 1. The van der Waals surface area contributed by atoms with Gasteiger partial charge in [0.15, 0.2) is 0 Å². The molecule has 0 fully saturated rings. The zero-order chi connectivity index (χ0) is 11.1. The summed E-state index contributed by atoms with van der Waals surface area (Å²) in [6.07, 6.45) is -3.12. The predicted octanol–water partition coefficient (Wildman–Crippen LogP) is 2.94. The lowest BCUT2D eigenvalue weighted by atomic mass is 10.1. The van der Waals surface area contributed by atoms with Gasteiger partial charge in [-0.25, -0.2) is 0 Å². The van der Waals surface area contributed by atoms with Crippen LogP contribution in [-0.2, 0) is 12.8 Å². The van der Waals surface area contributed by atoms with Crippen LogP contribution in [0.15, 0.2) is 28.9 Å². The second-order valence-corrected chi connectivity index (χ2v) is 3.13. The maximum atomic E-state index is 12.4. The first-order chi connectivity index (χ1) is 7.02. The van der Waals surface area contributed by atoms with Gasteiger partial charge in [0, 0.05) is 10.9 Å². The highest BCUT2D eigenvalue weighted by molar-refractivity contribution is 5.81. The zero-order valence-electron chi connectivity index (χ0n) is 7.51. The van der Waals surface area contributed by atoms with Crippen LogP contribution in [0.2, 0.25) is 0 Å². The van der Waals surface area contributed by atoms with Gasteiger partial charge in [0.1, 0.15) is 5.58 Å². The van der Waals surface area contributed by atoms with Crippen molar-refractivity contribution in [3.8, 4) is 0 Å². The van der Waals surface area contributed by atoms with Crippen LogP contribution >= 0.6 is 0 Å². The van der Waals surface area contributed by atoms with Crippen LogP contribution in [-0.4, -0.2) is 5.11 Å². The fourth-order valence-electron chi connectivity index (χ4n) is 1.38. The van der Waals surface area contributed by atoms with Gasteiger partial charge < -0.3 is 9.52 Å². The van der Waals surface area contributed by atoms with Crippen LogP contribution in [0.1, 0.15) is 11.1 Å². The first-order valence-electron chi connectivity index (χ1n) is 4.20. The molecule has 0 aliphatic rings. The smallest absolute Gasteiger partial charge is 0.416 e. The summed E-state index contributed by atoms with van der Waals surface area (Å²) in [4.78, 5) is 0. The van der Waals surface area contributed by atoms with Gasteiger partial charge in [0.2, 0.25) is 0 Å². The number of aliphatic hydroxyl groups excluding tert-OH is 1. The van der Waals surface area contributed by atoms with Crippen LogP contribution in [0.5, 0.6) is 0 Å². The quantitative estimate of drug-likeness (QED) is 0.794. The zero-order valence-corrected chi connectivity index (χ0v) is 7.51. The number of alkyl halides is 3. The predicted molar refractivity (Wildman–Crippen MR) is 47.1 cm³/mol. The highest BCUT2D eigenvalue weighted by atomic mass is 19.4. The lowest BCUT2D eigenvalue weighted by molar-refractivity contribution is -0.137. The Morgan fingerprint density at radius 2 is 2.00 bits per heavy atom. The van der Waals surface area contributed by atoms with Crippen LogP contribution in [0.4, 0.5) is 13.2 Å². The molecule has 0 unspecified atom stereocenters. The second kappa shape index (κ2) is 3.27. The molecule has 0 saturated heterocycles. The van der Waals surface area contributed by atoms with Gasteiger partial charge in [-0.3, -0.25) is 0 Å². The number of hydrogen-bond acceptors (Lipinski definition) is 2. The van der Waals surface area contributed by atoms with Crippen molar-refractivity contribution < 1.29 is 22.7 Å². The molecule has 1 N–H and O–H groups in total. The van der Waals surface area contributed by atoms with Crippen molar-refractivity contribution in [2.75, 3.05) is 0 Å². The molecule has 0 saturated carbocycles. The molecule has 80 valence electrons. The monoisotopic (exact) mass is 216 g/mol. The van der Waals surface area contributed by atoms with Crippen molar-refractivity contribution in [2.45, 2.75) is 12.8 Å². The van der Waals surface area contributed by atoms with Crippen molar-refractivity contribution in [3.63, 3.8) is 0 Å². The molecule has 0 bridgehead atoms. The van der Waals surface area contributed by atoms with Gasteiger partial charge >= 0.3 is 6.18 Å². The molecule has 1 aromatic heterocycles. The third-order valence-electron chi connectivity index (χ3n) is 2.15. The van der Waals surface area contributed by atoms with Gasteiger partial charge in [-0.15, -0.1) is 0 Å². The lowest BCUT2D eigenvalue weighted by Crippen LogP contribution is -2.04. The summed E-state index contributed by atoms with van der Waals surface area (Å²) in [6.45, 7) is -0.339. The Morgan fingerprint density at radius 3 is 2.60 bits per heavy atom. The summed E-state index contributed by atoms with van der Waals surface area (Å²) in [5.74, 6) is 0. The Kier molecular flexibility index (Phi) is 2.19. The number of halogens is 3. The Bertz CT molecular complexity index is 485. The number of furan rings is 1. The largest absolute Gasteiger partial charge is 0.464 e. The summed E-state index contributed by atoms with van der Waals surface area (Å²) in [6, 6.07) is 3.18. The number of benzene rings is 1. The normalized spacial score (nSPS) is 12.3. The molecule has 0 atom stereocenters. The van der Waals surface area contributed by atoms with Crippen molar-refractivity contribution >= 4 is 11.0 Å². The Hall–Kier alpha value is -1.49. The third kappa shape index (κ3) is 1.70. The molecule has 0 amide bonds. The molecular formula is C10H7F3O2. The van der Waals surface area contributed by atoms with E-state index in [1.165, 1.54) is 12.3 Å². The molecule has 2 rings (SSSR count). The first-order valence-corrected chi connectivity index (χ1v) is 4.20. The highest BCUT2D eigenvalue weighted by Crippen LogP contribution is 2.32. The van der Waals surface area contributed by atoms with E-state index in [-0.39, 0.29) is 6.61 Å². The Morgan fingerprint density at radius 1 is 1.27 bits per heavy atom. The summed E-state index contributed by atoms with van der Waals surface area (Å²) in [5, 5.41) is 9.18. The Labute approximate surface area is 82.9 Å². The van der Waals surface area contributed by atoms with E-state index in [1.807, 2.05) is 0 Å². The highest BCUT2D eigenvalue weighted by Gasteiger charge is 2.30. The van der Waals surface area contributed by atoms with Crippen LogP contribution in [0.3, 0.4) is 0 Å². The minimum absolute atomic E-state index is 0.298. The van der Waals surface area contributed by atoms with E-state index < -0.39 is 11.7 Å². The van der Waals surface area contributed by atoms with Gasteiger partial charge in [0.05, 0.1) is 18.4 Å². The summed E-state index contributed by atoms with van der Waals surface area (Å²) in [5.41, 5.74) is -0.0470. The molecular weight excluding hydrogens is 209 g/mol. The third-order valence-corrected chi connectivity index (χ3v) is 2.15. The van der Waals surface area contributed by atoms with E-state index in [9.17, 15) is 13.2 Å². The maximum absolute atomic E-state index is 12.4. The first kappa shape index (κ1) is 10.0. The van der Waals surface area contributed by atoms with E-state index in [1.54, 1.807) is 0 Å². The average Bonchev–Trinajstić information content (AvgIpc) is 2.57. The molecule has 2 aromatic rings. The average molecular weight is 216 g/mol. The van der Waals surface area contributed by atoms with Crippen LogP contribution < -0.4 is 0 Å². The summed E-state index contributed by atoms with van der Waals surface area (Å²) >= 11 is 0. The van der Waals surface area contributed by atoms with Crippen molar-refractivity contribution in [1.29, 1.82) is 0 Å². The molecule has 0 spiro atoms. The van der Waals surface area contributed by atoms with E-state index >= 15 is 0 Å². The van der Waals surface area contributed by atoms with Crippen molar-refractivity contribution in [3.05, 3.63) is 35.6 Å². The molecule has 0 radical (unpaired) electrons. The van der Waals surface area contributed by atoms with Crippen molar-refractivity contribution in [1.82, 2.24) is 0 Å². The second-order valence-electron chi connectivity index (χ2n) is 3.13. The standard InChI is InChI=1S/C10H7F3O2/c11-10(12,13)7-1-2-9-8(3-7)6(4-14)5-15-9/h1-3,5,14H,4H2. The lowest BCUT2D eigenvalue weighted by Gasteiger charge is -2.05. The molecule has 0 aliphatic heterocycles. The maximum Gasteiger partial charge on any atom is 0.416 e. The van der Waals surface area contributed by atoms with E-state index in [0.717, 1.165) is 12.1 Å². The SMILES string of the molecule is OCc1coc2ccc(C(F)(F)F)cc12. The number of fused-ring (bicyclic) bond motifs is 1. The van der Waals surface area contributed by atoms with Crippen LogP contribution in [0.25, 0.3) is 11.0 Å². The van der Waals surface area contributed by atoms with Gasteiger partial charge in [-0.2, -0.15) is 13.2 Å². The van der Waals surface area contributed by atoms with E-state index in [0.29, 0.717) is 16.5 Å². The molecule has 15 heavy (non-hydrogen) atoms. The summed E-state index contributed by atoms with van der Waals surface area (Å²) < 4.78 is 42.1. The Balaban J connectivity index is 2.63.